The molecule has 0 spiro atoms. The molecule has 0 bridgehead atoms. The van der Waals surface area contributed by atoms with E-state index in [0.29, 0.717) is 0 Å². The summed E-state index contributed by atoms with van der Waals surface area (Å²) in [6, 6.07) is 10.3. The highest BCUT2D eigenvalue weighted by Gasteiger charge is 2.17. The second kappa shape index (κ2) is 6.45. The molecule has 1 aromatic carbocycles. The molecular formula is C16H19BrN4. The van der Waals surface area contributed by atoms with E-state index in [4.69, 9.17) is 5.73 Å². The van der Waals surface area contributed by atoms with Crippen molar-refractivity contribution in [3.8, 4) is 0 Å². The average Bonchev–Trinajstić information content (AvgIpc) is 2.48. The molecular weight excluding hydrogens is 328 g/mol. The first-order valence-corrected chi connectivity index (χ1v) is 7.92. The summed E-state index contributed by atoms with van der Waals surface area (Å²) in [5.41, 5.74) is 9.16. The summed E-state index contributed by atoms with van der Waals surface area (Å²) in [7, 11) is 0. The number of anilines is 2. The third-order valence-electron chi connectivity index (χ3n) is 3.78. The van der Waals surface area contributed by atoms with Crippen LogP contribution >= 0.6 is 15.9 Å². The Morgan fingerprint density at radius 2 is 1.90 bits per heavy atom. The van der Waals surface area contributed by atoms with Gasteiger partial charge in [-0.2, -0.15) is 0 Å². The highest BCUT2D eigenvalue weighted by atomic mass is 79.9. The first kappa shape index (κ1) is 14.4. The fourth-order valence-electron chi connectivity index (χ4n) is 2.69. The van der Waals surface area contributed by atoms with Gasteiger partial charge in [0.15, 0.2) is 0 Å². The van der Waals surface area contributed by atoms with Gasteiger partial charge in [-0.25, -0.2) is 0 Å². The first-order chi connectivity index (χ1) is 10.2. The van der Waals surface area contributed by atoms with E-state index < -0.39 is 0 Å². The number of nitrogens with zero attached hydrogens (tertiary/aromatic N) is 3. The third-order valence-corrected chi connectivity index (χ3v) is 4.21. The standard InChI is InChI=1S/C16H19BrN4/c17-14-8-13(10-19-11-14)12-20-4-6-21(7-5-20)16-3-1-2-15(18)9-16/h1-3,8-11H,4-7,12,18H2. The van der Waals surface area contributed by atoms with E-state index in [9.17, 15) is 0 Å². The molecule has 0 saturated carbocycles. The Kier molecular flexibility index (Phi) is 4.41. The van der Waals surface area contributed by atoms with Crippen LogP contribution in [0.1, 0.15) is 5.56 Å². The van der Waals surface area contributed by atoms with Gasteiger partial charge in [0.2, 0.25) is 0 Å². The van der Waals surface area contributed by atoms with Gasteiger partial charge in [-0.05, 0) is 45.8 Å². The minimum Gasteiger partial charge on any atom is -0.399 e. The van der Waals surface area contributed by atoms with Crippen LogP contribution in [0.3, 0.4) is 0 Å². The smallest absolute Gasteiger partial charge is 0.0410 e. The maximum absolute atomic E-state index is 5.86. The Balaban J connectivity index is 1.58. The van der Waals surface area contributed by atoms with E-state index in [1.807, 2.05) is 30.6 Å². The average molecular weight is 347 g/mol. The number of piperazine rings is 1. The number of aromatic nitrogens is 1. The summed E-state index contributed by atoms with van der Waals surface area (Å²) >= 11 is 3.47. The van der Waals surface area contributed by atoms with Gasteiger partial charge in [-0.15, -0.1) is 0 Å². The Morgan fingerprint density at radius 1 is 1.10 bits per heavy atom. The molecule has 1 aromatic heterocycles. The van der Waals surface area contributed by atoms with Gasteiger partial charge in [-0.3, -0.25) is 9.88 Å². The van der Waals surface area contributed by atoms with Crippen LogP contribution in [-0.4, -0.2) is 36.1 Å². The molecule has 2 aromatic rings. The van der Waals surface area contributed by atoms with Gasteiger partial charge in [0.05, 0.1) is 0 Å². The molecule has 1 aliphatic rings. The summed E-state index contributed by atoms with van der Waals surface area (Å²) in [5.74, 6) is 0. The van der Waals surface area contributed by atoms with Crippen molar-refractivity contribution < 1.29 is 0 Å². The van der Waals surface area contributed by atoms with E-state index in [-0.39, 0.29) is 0 Å². The zero-order valence-electron chi connectivity index (χ0n) is 11.9. The first-order valence-electron chi connectivity index (χ1n) is 7.13. The quantitative estimate of drug-likeness (QED) is 0.868. The van der Waals surface area contributed by atoms with Crippen LogP contribution in [0.25, 0.3) is 0 Å². The fraction of sp³-hybridized carbons (Fsp3) is 0.312. The molecule has 2 N–H and O–H groups in total. The van der Waals surface area contributed by atoms with Crippen molar-refractivity contribution in [3.05, 3.63) is 52.8 Å². The minimum absolute atomic E-state index is 0.829. The Morgan fingerprint density at radius 3 is 2.62 bits per heavy atom. The highest BCUT2D eigenvalue weighted by Crippen LogP contribution is 2.20. The van der Waals surface area contributed by atoms with Crippen molar-refractivity contribution in [2.75, 3.05) is 36.8 Å². The maximum Gasteiger partial charge on any atom is 0.0410 e. The second-order valence-electron chi connectivity index (χ2n) is 5.37. The summed E-state index contributed by atoms with van der Waals surface area (Å²) in [6.07, 6.45) is 3.76. The zero-order chi connectivity index (χ0) is 14.7. The Labute approximate surface area is 133 Å². The van der Waals surface area contributed by atoms with Crippen molar-refractivity contribution in [1.82, 2.24) is 9.88 Å². The Hall–Kier alpha value is -1.59. The predicted molar refractivity (Wildman–Crippen MR) is 90.3 cm³/mol. The van der Waals surface area contributed by atoms with Crippen LogP contribution < -0.4 is 10.6 Å². The molecule has 21 heavy (non-hydrogen) atoms. The van der Waals surface area contributed by atoms with Gasteiger partial charge < -0.3 is 10.6 Å². The van der Waals surface area contributed by atoms with E-state index in [2.05, 4.69) is 42.8 Å². The number of halogens is 1. The van der Waals surface area contributed by atoms with Crippen LogP contribution in [0.5, 0.6) is 0 Å². The SMILES string of the molecule is Nc1cccc(N2CCN(Cc3cncc(Br)c3)CC2)c1. The number of benzene rings is 1. The molecule has 0 radical (unpaired) electrons. The van der Waals surface area contributed by atoms with Crippen LogP contribution in [0.2, 0.25) is 0 Å². The van der Waals surface area contributed by atoms with E-state index in [1.54, 1.807) is 0 Å². The molecule has 1 saturated heterocycles. The molecule has 1 aliphatic heterocycles. The van der Waals surface area contributed by atoms with Crippen molar-refractivity contribution in [1.29, 1.82) is 0 Å². The van der Waals surface area contributed by atoms with E-state index in [0.717, 1.165) is 42.9 Å². The van der Waals surface area contributed by atoms with Crippen molar-refractivity contribution in [2.45, 2.75) is 6.54 Å². The lowest BCUT2D eigenvalue weighted by atomic mass is 10.2. The summed E-state index contributed by atoms with van der Waals surface area (Å²) < 4.78 is 1.04. The van der Waals surface area contributed by atoms with E-state index in [1.165, 1.54) is 11.3 Å². The second-order valence-corrected chi connectivity index (χ2v) is 6.29. The lowest BCUT2D eigenvalue weighted by Crippen LogP contribution is -2.46. The molecule has 2 heterocycles. The van der Waals surface area contributed by atoms with Gasteiger partial charge in [-0.1, -0.05) is 6.07 Å². The number of nitrogens with two attached hydrogens (primary N) is 1. The van der Waals surface area contributed by atoms with Crippen LogP contribution in [0.4, 0.5) is 11.4 Å². The lowest BCUT2D eigenvalue weighted by Gasteiger charge is -2.36. The summed E-state index contributed by atoms with van der Waals surface area (Å²) in [5, 5.41) is 0. The van der Waals surface area contributed by atoms with Crippen molar-refractivity contribution >= 4 is 27.3 Å². The summed E-state index contributed by atoms with van der Waals surface area (Å²) in [6.45, 7) is 5.13. The van der Waals surface area contributed by atoms with Gasteiger partial charge in [0, 0.05) is 61.0 Å². The number of pyridine rings is 1. The van der Waals surface area contributed by atoms with E-state index >= 15 is 0 Å². The van der Waals surface area contributed by atoms with Gasteiger partial charge in [0.1, 0.15) is 0 Å². The summed E-state index contributed by atoms with van der Waals surface area (Å²) in [4.78, 5) is 9.08. The topological polar surface area (TPSA) is 45.4 Å². The number of rotatable bonds is 3. The van der Waals surface area contributed by atoms with Crippen LogP contribution in [-0.2, 0) is 6.54 Å². The fourth-order valence-corrected chi connectivity index (χ4v) is 3.10. The van der Waals surface area contributed by atoms with Crippen molar-refractivity contribution in [2.24, 2.45) is 0 Å². The number of nitrogen functional groups attached to an aromatic ring is 1. The largest absolute Gasteiger partial charge is 0.399 e. The van der Waals surface area contributed by atoms with Gasteiger partial charge in [0.25, 0.3) is 0 Å². The number of hydrogen-bond donors (Lipinski definition) is 1. The molecule has 4 nitrogen and oxygen atoms in total. The molecule has 3 rings (SSSR count). The molecule has 0 atom stereocenters. The normalized spacial score (nSPS) is 16.1. The van der Waals surface area contributed by atoms with Crippen LogP contribution in [0, 0.1) is 0 Å². The Bertz CT molecular complexity index is 609. The molecule has 0 amide bonds. The van der Waals surface area contributed by atoms with Crippen LogP contribution in [0.15, 0.2) is 47.2 Å². The highest BCUT2D eigenvalue weighted by molar-refractivity contribution is 9.10. The molecule has 5 heteroatoms. The van der Waals surface area contributed by atoms with Gasteiger partial charge >= 0.3 is 0 Å². The minimum atomic E-state index is 0.829. The molecule has 1 fully saturated rings. The lowest BCUT2D eigenvalue weighted by molar-refractivity contribution is 0.249. The molecule has 0 unspecified atom stereocenters. The zero-order valence-corrected chi connectivity index (χ0v) is 13.5. The molecule has 110 valence electrons. The monoisotopic (exact) mass is 346 g/mol. The van der Waals surface area contributed by atoms with Crippen molar-refractivity contribution in [3.63, 3.8) is 0 Å². The maximum atomic E-state index is 5.86. The molecule has 0 aliphatic carbocycles. The number of hydrogen-bond acceptors (Lipinski definition) is 4. The predicted octanol–water partition coefficient (Wildman–Crippen LogP) is 2.75. The third kappa shape index (κ3) is 3.74.